The lowest BCUT2D eigenvalue weighted by Gasteiger charge is -2.18. The van der Waals surface area contributed by atoms with Gasteiger partial charge in [0.25, 0.3) is 0 Å². The molecular weight excluding hydrogens is 386 g/mol. The van der Waals surface area contributed by atoms with Crippen molar-refractivity contribution in [3.8, 4) is 0 Å². The van der Waals surface area contributed by atoms with Crippen molar-refractivity contribution in [1.29, 1.82) is 0 Å². The lowest BCUT2D eigenvalue weighted by atomic mass is 10.2. The van der Waals surface area contributed by atoms with Crippen molar-refractivity contribution < 1.29 is 8.42 Å². The Hall–Kier alpha value is -2.45. The summed E-state index contributed by atoms with van der Waals surface area (Å²) in [6.07, 6.45) is 5.52. The molecule has 29 heavy (non-hydrogen) atoms. The van der Waals surface area contributed by atoms with Crippen LogP contribution < -0.4 is 0 Å². The van der Waals surface area contributed by atoms with Gasteiger partial charge in [-0.05, 0) is 18.5 Å². The molecule has 1 aromatic carbocycles. The maximum absolute atomic E-state index is 12.9. The fraction of sp³-hybridized carbons (Fsp3) is 0.429. The Morgan fingerprint density at radius 2 is 1.79 bits per heavy atom. The highest BCUT2D eigenvalue weighted by atomic mass is 32.2. The minimum atomic E-state index is -3.46. The molecule has 0 N–H and O–H groups in total. The van der Waals surface area contributed by atoms with Gasteiger partial charge >= 0.3 is 0 Å². The summed E-state index contributed by atoms with van der Waals surface area (Å²) in [5, 5.41) is 4.36. The molecule has 0 amide bonds. The summed E-state index contributed by atoms with van der Waals surface area (Å²) in [7, 11) is 0.441. The number of sulfone groups is 1. The largest absolute Gasteiger partial charge is 0.313 e. The zero-order chi connectivity index (χ0) is 21.0. The number of benzene rings is 1. The molecule has 8 heteroatoms. The maximum Gasteiger partial charge on any atom is 0.228 e. The zero-order valence-corrected chi connectivity index (χ0v) is 18.3. The van der Waals surface area contributed by atoms with E-state index in [0.717, 1.165) is 23.4 Å². The van der Waals surface area contributed by atoms with Gasteiger partial charge < -0.3 is 4.57 Å². The van der Waals surface area contributed by atoms with Crippen LogP contribution in [0.3, 0.4) is 0 Å². The fourth-order valence-corrected chi connectivity index (χ4v) is 5.17. The highest BCUT2D eigenvalue weighted by Crippen LogP contribution is 2.19. The maximum atomic E-state index is 12.9. The van der Waals surface area contributed by atoms with E-state index in [1.165, 1.54) is 0 Å². The molecule has 0 aliphatic heterocycles. The first-order valence-corrected chi connectivity index (χ1v) is 11.4. The molecule has 0 aliphatic carbocycles. The van der Waals surface area contributed by atoms with Crippen LogP contribution in [0.4, 0.5) is 0 Å². The molecule has 0 saturated carbocycles. The normalized spacial score (nSPS) is 12.2. The molecule has 2 aromatic heterocycles. The number of imidazole rings is 1. The summed E-state index contributed by atoms with van der Waals surface area (Å²) in [6, 6.07) is 9.88. The van der Waals surface area contributed by atoms with Crippen LogP contribution in [0.1, 0.15) is 30.7 Å². The number of nitrogens with zero attached hydrogens (tertiary/aromatic N) is 5. The second kappa shape index (κ2) is 8.92. The third-order valence-corrected chi connectivity index (χ3v) is 6.55. The number of aromatic nitrogens is 4. The van der Waals surface area contributed by atoms with Gasteiger partial charge in [-0.15, -0.1) is 0 Å². The van der Waals surface area contributed by atoms with Gasteiger partial charge in [-0.3, -0.25) is 9.58 Å². The molecule has 3 aromatic rings. The van der Waals surface area contributed by atoms with E-state index in [1.54, 1.807) is 10.9 Å². The van der Waals surface area contributed by atoms with Crippen molar-refractivity contribution in [1.82, 2.24) is 24.2 Å². The average Bonchev–Trinajstić information content (AvgIpc) is 3.21. The SMILES string of the molecule is CC(C)CS(=O)(=O)c1ncc(CN(C)Cc2cnn(C)c2)n1Cc1ccccc1. The molecule has 0 aliphatic rings. The highest BCUT2D eigenvalue weighted by molar-refractivity contribution is 7.91. The van der Waals surface area contributed by atoms with Crippen molar-refractivity contribution in [2.45, 2.75) is 38.6 Å². The number of rotatable bonds is 9. The molecule has 0 fully saturated rings. The predicted octanol–water partition coefficient (Wildman–Crippen LogP) is 2.73. The first-order valence-electron chi connectivity index (χ1n) is 9.71. The molecule has 0 saturated heterocycles. The molecule has 0 atom stereocenters. The number of hydrogen-bond acceptors (Lipinski definition) is 5. The molecule has 0 radical (unpaired) electrons. The Kier molecular flexibility index (Phi) is 6.54. The first-order chi connectivity index (χ1) is 13.7. The Labute approximate surface area is 172 Å². The number of aryl methyl sites for hydroxylation is 1. The predicted molar refractivity (Wildman–Crippen MR) is 113 cm³/mol. The highest BCUT2D eigenvalue weighted by Gasteiger charge is 2.25. The van der Waals surface area contributed by atoms with E-state index in [9.17, 15) is 8.42 Å². The first kappa shape index (κ1) is 21.3. The van der Waals surface area contributed by atoms with Gasteiger partial charge in [0, 0.05) is 31.9 Å². The van der Waals surface area contributed by atoms with Crippen LogP contribution in [0.25, 0.3) is 0 Å². The van der Waals surface area contributed by atoms with Gasteiger partial charge in [0.1, 0.15) is 0 Å². The molecule has 0 unspecified atom stereocenters. The number of hydrogen-bond donors (Lipinski definition) is 0. The smallest absolute Gasteiger partial charge is 0.228 e. The van der Waals surface area contributed by atoms with Crippen LogP contribution >= 0.6 is 0 Å². The summed E-state index contributed by atoms with van der Waals surface area (Å²) in [6.45, 7) is 5.60. The van der Waals surface area contributed by atoms with E-state index in [-0.39, 0.29) is 16.8 Å². The molecule has 7 nitrogen and oxygen atoms in total. The molecular formula is C21H29N5O2S. The Balaban J connectivity index is 1.89. The second-order valence-electron chi connectivity index (χ2n) is 7.97. The van der Waals surface area contributed by atoms with Crippen LogP contribution in [0.15, 0.2) is 54.1 Å². The topological polar surface area (TPSA) is 73.0 Å². The van der Waals surface area contributed by atoms with Gasteiger partial charge in [0.15, 0.2) is 0 Å². The van der Waals surface area contributed by atoms with E-state index in [0.29, 0.717) is 13.1 Å². The van der Waals surface area contributed by atoms with E-state index < -0.39 is 9.84 Å². The van der Waals surface area contributed by atoms with Gasteiger partial charge in [-0.25, -0.2) is 13.4 Å². The zero-order valence-electron chi connectivity index (χ0n) is 17.5. The van der Waals surface area contributed by atoms with Crippen molar-refractivity contribution in [2.75, 3.05) is 12.8 Å². The Morgan fingerprint density at radius 1 is 1.07 bits per heavy atom. The summed E-state index contributed by atoms with van der Waals surface area (Å²) in [5.41, 5.74) is 3.03. The van der Waals surface area contributed by atoms with E-state index >= 15 is 0 Å². The van der Waals surface area contributed by atoms with Crippen molar-refractivity contribution in [3.63, 3.8) is 0 Å². The minimum absolute atomic E-state index is 0.0404. The van der Waals surface area contributed by atoms with Crippen molar-refractivity contribution in [3.05, 3.63) is 65.7 Å². The molecule has 2 heterocycles. The van der Waals surface area contributed by atoms with Gasteiger partial charge in [0.2, 0.25) is 15.0 Å². The van der Waals surface area contributed by atoms with E-state index in [4.69, 9.17) is 0 Å². The average molecular weight is 416 g/mol. The summed E-state index contributed by atoms with van der Waals surface area (Å²) >= 11 is 0. The molecule has 0 bridgehead atoms. The monoisotopic (exact) mass is 415 g/mol. The van der Waals surface area contributed by atoms with Gasteiger partial charge in [-0.1, -0.05) is 44.2 Å². The fourth-order valence-electron chi connectivity index (χ4n) is 3.41. The molecule has 156 valence electrons. The lowest BCUT2D eigenvalue weighted by molar-refractivity contribution is 0.309. The van der Waals surface area contributed by atoms with E-state index in [1.807, 2.05) is 75.2 Å². The van der Waals surface area contributed by atoms with Crippen LogP contribution in [0.2, 0.25) is 0 Å². The molecule has 3 rings (SSSR count). The van der Waals surface area contributed by atoms with Gasteiger partial charge in [-0.2, -0.15) is 5.10 Å². The summed E-state index contributed by atoms with van der Waals surface area (Å²) < 4.78 is 29.5. The quantitative estimate of drug-likeness (QED) is 0.537. The van der Waals surface area contributed by atoms with Crippen LogP contribution in [0.5, 0.6) is 0 Å². The summed E-state index contributed by atoms with van der Waals surface area (Å²) in [4.78, 5) is 6.47. The minimum Gasteiger partial charge on any atom is -0.313 e. The molecule has 0 spiro atoms. The Bertz CT molecular complexity index is 1040. The Morgan fingerprint density at radius 3 is 2.41 bits per heavy atom. The van der Waals surface area contributed by atoms with E-state index in [2.05, 4.69) is 15.0 Å². The van der Waals surface area contributed by atoms with Crippen LogP contribution in [0, 0.1) is 5.92 Å². The van der Waals surface area contributed by atoms with Crippen molar-refractivity contribution >= 4 is 9.84 Å². The third-order valence-electron chi connectivity index (χ3n) is 4.56. The van der Waals surface area contributed by atoms with Gasteiger partial charge in [0.05, 0.1) is 30.4 Å². The van der Waals surface area contributed by atoms with Crippen LogP contribution in [-0.2, 0) is 36.5 Å². The second-order valence-corrected chi connectivity index (χ2v) is 9.90. The van der Waals surface area contributed by atoms with Crippen LogP contribution in [-0.4, -0.2) is 45.4 Å². The standard InChI is InChI=1S/C21H29N5O2S/c1-17(2)16-29(27,28)21-22-11-20(26(21)14-18-8-6-5-7-9-18)15-24(3)12-19-10-23-25(4)13-19/h5-11,13,17H,12,14-16H2,1-4H3. The van der Waals surface area contributed by atoms with Crippen molar-refractivity contribution in [2.24, 2.45) is 13.0 Å². The lowest BCUT2D eigenvalue weighted by Crippen LogP contribution is -2.22. The summed E-state index contributed by atoms with van der Waals surface area (Å²) in [5.74, 6) is 0.127. The third kappa shape index (κ3) is 5.55.